The molecule has 3 rings (SSSR count). The van der Waals surface area contributed by atoms with Crippen molar-refractivity contribution in [2.75, 3.05) is 7.11 Å². The van der Waals surface area contributed by atoms with Gasteiger partial charge in [0, 0.05) is 25.4 Å². The number of methoxy groups -OCH3 is 1. The molecule has 1 fully saturated rings. The van der Waals surface area contributed by atoms with Crippen molar-refractivity contribution in [1.29, 1.82) is 0 Å². The first-order chi connectivity index (χ1) is 15.1. The number of amides is 2. The Morgan fingerprint density at radius 3 is 2.45 bits per heavy atom. The molecule has 2 amide bonds. The van der Waals surface area contributed by atoms with Gasteiger partial charge in [0.1, 0.15) is 11.8 Å². The lowest BCUT2D eigenvalue weighted by Crippen LogP contribution is -2.52. The SMILES string of the molecule is CCCC(=O)N(Cc1cccc(OC)c1)[C@@H](Cc1ccccc1)C(=O)NC1CCCC1. The molecule has 0 radical (unpaired) electrons. The highest BCUT2D eigenvalue weighted by atomic mass is 16.5. The van der Waals surface area contributed by atoms with Crippen LogP contribution in [0.3, 0.4) is 0 Å². The second-order valence-electron chi connectivity index (χ2n) is 8.32. The molecular formula is C26H34N2O3. The maximum Gasteiger partial charge on any atom is 0.243 e. The molecule has 5 heteroatoms. The predicted octanol–water partition coefficient (Wildman–Crippen LogP) is 4.49. The van der Waals surface area contributed by atoms with Gasteiger partial charge in [-0.25, -0.2) is 0 Å². The average Bonchev–Trinajstić information content (AvgIpc) is 3.30. The molecule has 0 saturated heterocycles. The van der Waals surface area contributed by atoms with Gasteiger partial charge >= 0.3 is 0 Å². The van der Waals surface area contributed by atoms with Crippen molar-refractivity contribution < 1.29 is 14.3 Å². The number of carbonyl (C=O) groups is 2. The zero-order chi connectivity index (χ0) is 22.1. The Bertz CT molecular complexity index is 847. The molecule has 2 aromatic carbocycles. The summed E-state index contributed by atoms with van der Waals surface area (Å²) in [7, 11) is 1.63. The number of hydrogen-bond acceptors (Lipinski definition) is 3. The Kier molecular flexibility index (Phi) is 8.51. The smallest absolute Gasteiger partial charge is 0.243 e. The van der Waals surface area contributed by atoms with Crippen molar-refractivity contribution in [3.63, 3.8) is 0 Å². The van der Waals surface area contributed by atoms with Crippen molar-refractivity contribution in [2.24, 2.45) is 0 Å². The van der Waals surface area contributed by atoms with E-state index in [1.165, 1.54) is 0 Å². The minimum absolute atomic E-state index is 0.00724. The number of ether oxygens (including phenoxy) is 1. The van der Waals surface area contributed by atoms with Crippen LogP contribution in [0.5, 0.6) is 5.75 Å². The van der Waals surface area contributed by atoms with Crippen LogP contribution in [-0.4, -0.2) is 35.9 Å². The van der Waals surface area contributed by atoms with E-state index in [4.69, 9.17) is 4.74 Å². The summed E-state index contributed by atoms with van der Waals surface area (Å²) < 4.78 is 5.35. The van der Waals surface area contributed by atoms with Gasteiger partial charge in [0.2, 0.25) is 11.8 Å². The van der Waals surface area contributed by atoms with Gasteiger partial charge in [0.05, 0.1) is 7.11 Å². The van der Waals surface area contributed by atoms with Gasteiger partial charge in [0.25, 0.3) is 0 Å². The normalized spacial score (nSPS) is 14.8. The third kappa shape index (κ3) is 6.58. The first kappa shape index (κ1) is 22.9. The number of carbonyl (C=O) groups excluding carboxylic acids is 2. The van der Waals surface area contributed by atoms with Gasteiger partial charge in [0.15, 0.2) is 0 Å². The Morgan fingerprint density at radius 2 is 1.77 bits per heavy atom. The number of benzene rings is 2. The van der Waals surface area contributed by atoms with Crippen molar-refractivity contribution in [3.05, 3.63) is 65.7 Å². The zero-order valence-corrected chi connectivity index (χ0v) is 18.7. The molecule has 1 atom stereocenters. The molecule has 1 saturated carbocycles. The summed E-state index contributed by atoms with van der Waals surface area (Å²) >= 11 is 0. The lowest BCUT2D eigenvalue weighted by Gasteiger charge is -2.32. The Hall–Kier alpha value is -2.82. The maximum absolute atomic E-state index is 13.4. The Balaban J connectivity index is 1.89. The van der Waals surface area contributed by atoms with E-state index in [1.807, 2.05) is 61.5 Å². The summed E-state index contributed by atoms with van der Waals surface area (Å²) in [6.07, 6.45) is 6.00. The van der Waals surface area contributed by atoms with Gasteiger partial charge in [-0.05, 0) is 42.5 Å². The summed E-state index contributed by atoms with van der Waals surface area (Å²) in [6, 6.07) is 17.3. The minimum atomic E-state index is -0.548. The molecule has 0 aliphatic heterocycles. The van der Waals surface area contributed by atoms with Crippen molar-refractivity contribution in [3.8, 4) is 5.75 Å². The second-order valence-corrected chi connectivity index (χ2v) is 8.32. The van der Waals surface area contributed by atoms with Crippen LogP contribution >= 0.6 is 0 Å². The number of nitrogens with zero attached hydrogens (tertiary/aromatic N) is 1. The minimum Gasteiger partial charge on any atom is -0.497 e. The fourth-order valence-corrected chi connectivity index (χ4v) is 4.25. The van der Waals surface area contributed by atoms with E-state index in [0.29, 0.717) is 19.4 Å². The standard InChI is InChI=1S/C26H34N2O3/c1-3-10-25(29)28(19-21-13-9-16-23(17-21)31-2)24(18-20-11-5-4-6-12-20)26(30)27-22-14-7-8-15-22/h4-6,9,11-13,16-17,22,24H,3,7-8,10,14-15,18-19H2,1-2H3,(H,27,30)/t24-/m0/s1. The molecule has 0 bridgehead atoms. The molecule has 0 unspecified atom stereocenters. The molecule has 0 spiro atoms. The fourth-order valence-electron chi connectivity index (χ4n) is 4.25. The second kappa shape index (κ2) is 11.5. The van der Waals surface area contributed by atoms with E-state index in [1.54, 1.807) is 12.0 Å². The van der Waals surface area contributed by atoms with Gasteiger partial charge < -0.3 is 15.0 Å². The van der Waals surface area contributed by atoms with Gasteiger partial charge in [-0.15, -0.1) is 0 Å². The van der Waals surface area contributed by atoms with Crippen LogP contribution in [0.15, 0.2) is 54.6 Å². The van der Waals surface area contributed by atoms with Gasteiger partial charge in [-0.3, -0.25) is 9.59 Å². The van der Waals surface area contributed by atoms with E-state index in [2.05, 4.69) is 5.32 Å². The van der Waals surface area contributed by atoms with Gasteiger partial charge in [-0.2, -0.15) is 0 Å². The van der Waals surface area contributed by atoms with Crippen LogP contribution in [0.4, 0.5) is 0 Å². The third-order valence-corrected chi connectivity index (χ3v) is 5.92. The van der Waals surface area contributed by atoms with Crippen molar-refractivity contribution in [1.82, 2.24) is 10.2 Å². The highest BCUT2D eigenvalue weighted by Gasteiger charge is 2.31. The summed E-state index contributed by atoms with van der Waals surface area (Å²) in [6.45, 7) is 2.37. The summed E-state index contributed by atoms with van der Waals surface area (Å²) in [5, 5.41) is 3.23. The topological polar surface area (TPSA) is 58.6 Å². The number of rotatable bonds is 10. The first-order valence-corrected chi connectivity index (χ1v) is 11.4. The average molecular weight is 423 g/mol. The summed E-state index contributed by atoms with van der Waals surface area (Å²) in [5.74, 6) is 0.700. The molecule has 0 aromatic heterocycles. The molecule has 31 heavy (non-hydrogen) atoms. The van der Waals surface area contributed by atoms with Crippen LogP contribution in [0, 0.1) is 0 Å². The van der Waals surface area contributed by atoms with Gasteiger partial charge in [-0.1, -0.05) is 62.2 Å². The van der Waals surface area contributed by atoms with Crippen LogP contribution < -0.4 is 10.1 Å². The van der Waals surface area contributed by atoms with Crippen LogP contribution in [0.1, 0.15) is 56.6 Å². The molecule has 5 nitrogen and oxygen atoms in total. The number of hydrogen-bond donors (Lipinski definition) is 1. The zero-order valence-electron chi connectivity index (χ0n) is 18.7. The molecule has 166 valence electrons. The van der Waals surface area contributed by atoms with E-state index < -0.39 is 6.04 Å². The van der Waals surface area contributed by atoms with Crippen molar-refractivity contribution in [2.45, 2.75) is 70.5 Å². The lowest BCUT2D eigenvalue weighted by atomic mass is 10.0. The van der Waals surface area contributed by atoms with Crippen molar-refractivity contribution >= 4 is 11.8 Å². The molecule has 1 aliphatic rings. The van der Waals surface area contributed by atoms with Crippen LogP contribution in [0.2, 0.25) is 0 Å². The van der Waals surface area contributed by atoms with E-state index >= 15 is 0 Å². The fraction of sp³-hybridized carbons (Fsp3) is 0.462. The predicted molar refractivity (Wildman–Crippen MR) is 123 cm³/mol. The first-order valence-electron chi connectivity index (χ1n) is 11.4. The largest absolute Gasteiger partial charge is 0.497 e. The van der Waals surface area contributed by atoms with E-state index in [0.717, 1.165) is 49.0 Å². The van der Waals surface area contributed by atoms with Crippen LogP contribution in [-0.2, 0) is 22.6 Å². The number of nitrogens with one attached hydrogen (secondary N) is 1. The van der Waals surface area contributed by atoms with E-state index in [9.17, 15) is 9.59 Å². The molecular weight excluding hydrogens is 388 g/mol. The molecule has 1 N–H and O–H groups in total. The molecule has 1 aliphatic carbocycles. The summed E-state index contributed by atoms with van der Waals surface area (Å²) in [5.41, 5.74) is 2.00. The highest BCUT2D eigenvalue weighted by Crippen LogP contribution is 2.21. The van der Waals surface area contributed by atoms with E-state index in [-0.39, 0.29) is 17.9 Å². The monoisotopic (exact) mass is 422 g/mol. The Morgan fingerprint density at radius 1 is 1.06 bits per heavy atom. The third-order valence-electron chi connectivity index (χ3n) is 5.92. The van der Waals surface area contributed by atoms with Crippen LogP contribution in [0.25, 0.3) is 0 Å². The molecule has 0 heterocycles. The highest BCUT2D eigenvalue weighted by molar-refractivity contribution is 5.88. The Labute approximate surface area is 185 Å². The summed E-state index contributed by atoms with van der Waals surface area (Å²) in [4.78, 5) is 28.4. The quantitative estimate of drug-likeness (QED) is 0.614. The lowest BCUT2D eigenvalue weighted by molar-refractivity contribution is -0.141. The molecule has 2 aromatic rings. The maximum atomic E-state index is 13.4.